The van der Waals surface area contributed by atoms with E-state index in [-0.39, 0.29) is 22.4 Å². The van der Waals surface area contributed by atoms with Crippen LogP contribution in [0.15, 0.2) is 127 Å². The number of hydrogen-bond donors (Lipinski definition) is 0. The van der Waals surface area contributed by atoms with Crippen LogP contribution < -0.4 is 19.5 Å². The zero-order chi connectivity index (χ0) is 24.3. The van der Waals surface area contributed by atoms with Crippen molar-refractivity contribution in [1.29, 1.82) is 0 Å². The van der Waals surface area contributed by atoms with Crippen molar-refractivity contribution in [3.05, 3.63) is 134 Å². The minimum atomic E-state index is 0. The molecule has 5 heteroatoms. The summed E-state index contributed by atoms with van der Waals surface area (Å²) >= 11 is 0. The summed E-state index contributed by atoms with van der Waals surface area (Å²) < 4.78 is 5.21. The molecule has 6 aromatic rings. The first kappa shape index (κ1) is 24.7. The molecule has 4 nitrogen and oxygen atoms in total. The average molecular weight is 665 g/mol. The second-order valence-electron chi connectivity index (χ2n) is 8.53. The predicted octanol–water partition coefficient (Wildman–Crippen LogP) is 8.05. The Morgan fingerprint density at radius 3 is 1.68 bits per heavy atom. The van der Waals surface area contributed by atoms with Crippen LogP contribution in [0.25, 0.3) is 21.8 Å². The second kappa shape index (κ2) is 11.0. The van der Waals surface area contributed by atoms with E-state index in [2.05, 4.69) is 100 Å². The summed E-state index contributed by atoms with van der Waals surface area (Å²) in [7, 11) is 1.68. The molecule has 0 saturated carbocycles. The molecular formula is C32H25AuN3O-2. The van der Waals surface area contributed by atoms with Gasteiger partial charge in [0.15, 0.2) is 0 Å². The molecule has 7 rings (SSSR count). The molecule has 0 saturated heterocycles. The Hall–Kier alpha value is -3.96. The van der Waals surface area contributed by atoms with Gasteiger partial charge in [-0.3, -0.25) is 0 Å². The van der Waals surface area contributed by atoms with Crippen molar-refractivity contribution in [2.45, 2.75) is 0 Å². The Morgan fingerprint density at radius 1 is 0.568 bits per heavy atom. The third-order valence-corrected chi connectivity index (χ3v) is 6.34. The summed E-state index contributed by atoms with van der Waals surface area (Å²) in [5, 5.41) is 2.34. The van der Waals surface area contributed by atoms with Crippen LogP contribution in [-0.2, 0) is 22.4 Å². The van der Waals surface area contributed by atoms with Gasteiger partial charge in [0.1, 0.15) is 5.75 Å². The molecule has 1 radical (unpaired) electrons. The molecule has 0 atom stereocenters. The van der Waals surface area contributed by atoms with Gasteiger partial charge in [0.05, 0.1) is 7.11 Å². The number of fused-ring (bicyclic) bond motifs is 4. The molecule has 5 aromatic carbocycles. The number of para-hydroxylation sites is 5. The molecule has 0 unspecified atom stereocenters. The van der Waals surface area contributed by atoms with Crippen LogP contribution in [0.2, 0.25) is 0 Å². The van der Waals surface area contributed by atoms with Crippen LogP contribution >= 0.6 is 0 Å². The Morgan fingerprint density at radius 2 is 1.08 bits per heavy atom. The number of ether oxygens (including phenoxy) is 1. The predicted molar refractivity (Wildman–Crippen MR) is 149 cm³/mol. The van der Waals surface area contributed by atoms with E-state index in [9.17, 15) is 0 Å². The number of aromatic nitrogens is 1. The molecule has 0 N–H and O–H groups in total. The number of anilines is 4. The Balaban J connectivity index is 0.000000155. The first-order chi connectivity index (χ1) is 17.8. The third kappa shape index (κ3) is 4.87. The minimum Gasteiger partial charge on any atom is -0.657 e. The van der Waals surface area contributed by atoms with Gasteiger partial charge in [-0.15, -0.1) is 17.7 Å². The van der Waals surface area contributed by atoms with Gasteiger partial charge in [0.25, 0.3) is 0 Å². The normalized spacial score (nSPS) is 12.0. The summed E-state index contributed by atoms with van der Waals surface area (Å²) in [5.74, 6) is 0.876. The van der Waals surface area contributed by atoms with E-state index in [1.165, 1.54) is 28.1 Å². The molecule has 1 aliphatic rings. The fourth-order valence-corrected chi connectivity index (χ4v) is 4.58. The number of nitrogens with zero attached hydrogens (tertiary/aromatic N) is 3. The molecule has 37 heavy (non-hydrogen) atoms. The van der Waals surface area contributed by atoms with Crippen molar-refractivity contribution >= 4 is 44.6 Å². The fraction of sp³-hybridized carbons (Fsp3) is 0.0312. The van der Waals surface area contributed by atoms with E-state index in [1.54, 1.807) is 7.11 Å². The van der Waals surface area contributed by atoms with Crippen LogP contribution in [0.5, 0.6) is 5.75 Å². The quantitative estimate of drug-likeness (QED) is 0.142. The van der Waals surface area contributed by atoms with E-state index in [1.807, 2.05) is 48.5 Å². The Labute approximate surface area is 232 Å². The van der Waals surface area contributed by atoms with E-state index < -0.39 is 0 Å². The van der Waals surface area contributed by atoms with Crippen LogP contribution in [0, 0.1) is 6.67 Å². The first-order valence-electron chi connectivity index (χ1n) is 11.9. The molecule has 187 valence electrons. The maximum absolute atomic E-state index is 5.21. The van der Waals surface area contributed by atoms with Crippen molar-refractivity contribution in [2.75, 3.05) is 16.9 Å². The number of methoxy groups -OCH3 is 1. The molecular weight excluding hydrogens is 639 g/mol. The van der Waals surface area contributed by atoms with Gasteiger partial charge in [-0.05, 0) is 59.3 Å². The monoisotopic (exact) mass is 664 g/mol. The van der Waals surface area contributed by atoms with Gasteiger partial charge < -0.3 is 19.5 Å². The number of benzene rings is 5. The van der Waals surface area contributed by atoms with Crippen LogP contribution in [0.4, 0.5) is 22.7 Å². The molecule has 0 bridgehead atoms. The summed E-state index contributed by atoms with van der Waals surface area (Å²) in [5.41, 5.74) is 6.81. The smallest absolute Gasteiger partial charge is 0.119 e. The van der Waals surface area contributed by atoms with Crippen molar-refractivity contribution in [2.24, 2.45) is 0 Å². The molecule has 0 spiro atoms. The number of hydrogen-bond acceptors (Lipinski definition) is 3. The van der Waals surface area contributed by atoms with Gasteiger partial charge in [-0.1, -0.05) is 78.9 Å². The largest absolute Gasteiger partial charge is 0.657 e. The zero-order valence-corrected chi connectivity index (χ0v) is 22.4. The summed E-state index contributed by atoms with van der Waals surface area (Å²) in [6.07, 6.45) is 0. The summed E-state index contributed by atoms with van der Waals surface area (Å²) in [6, 6.07) is 43.4. The molecule has 0 aliphatic carbocycles. The van der Waals surface area contributed by atoms with Gasteiger partial charge in [0.2, 0.25) is 0 Å². The van der Waals surface area contributed by atoms with Crippen molar-refractivity contribution < 1.29 is 27.1 Å². The van der Waals surface area contributed by atoms with E-state index in [0.717, 1.165) is 22.2 Å². The molecule has 0 amide bonds. The topological polar surface area (TPSA) is 29.8 Å². The standard InChI is InChI=1S/C19H15N2.C13H10NO.Au/c1-3-9-16(10-4-1)20-15-21(17-11-5-2-6-12-17)19-14-8-7-13-18(19)20;1-15-9-6-7-13-11(8-9)10-4-2-3-5-12(10)14-13;/h1-15H;2-8H,1H3;/q2*-1;. The zero-order valence-electron chi connectivity index (χ0n) is 20.3. The number of rotatable bonds is 3. The maximum Gasteiger partial charge on any atom is 0.119 e. The molecule has 2 heterocycles. The Bertz CT molecular complexity index is 1550. The summed E-state index contributed by atoms with van der Waals surface area (Å²) in [6.45, 7) is 2.15. The first-order valence-corrected chi connectivity index (χ1v) is 11.9. The van der Waals surface area contributed by atoms with E-state index in [0.29, 0.717) is 0 Å². The van der Waals surface area contributed by atoms with Gasteiger partial charge in [0, 0.05) is 45.1 Å². The minimum absolute atomic E-state index is 0. The van der Waals surface area contributed by atoms with Gasteiger partial charge in [-0.2, -0.15) is 0 Å². The van der Waals surface area contributed by atoms with Gasteiger partial charge >= 0.3 is 0 Å². The van der Waals surface area contributed by atoms with E-state index in [4.69, 9.17) is 4.74 Å². The molecule has 1 aliphatic heterocycles. The third-order valence-electron chi connectivity index (χ3n) is 6.34. The van der Waals surface area contributed by atoms with Crippen LogP contribution in [0.1, 0.15) is 0 Å². The van der Waals surface area contributed by atoms with Crippen LogP contribution in [0.3, 0.4) is 0 Å². The molecule has 1 aromatic heterocycles. The molecule has 0 fully saturated rings. The van der Waals surface area contributed by atoms with Crippen molar-refractivity contribution in [1.82, 2.24) is 4.98 Å². The van der Waals surface area contributed by atoms with Gasteiger partial charge in [-0.25, -0.2) is 0 Å². The van der Waals surface area contributed by atoms with E-state index >= 15 is 0 Å². The van der Waals surface area contributed by atoms with Crippen LogP contribution in [-0.4, -0.2) is 7.11 Å². The Kier molecular flexibility index (Phi) is 7.33. The average Bonchev–Trinajstić information content (AvgIpc) is 3.53. The maximum atomic E-state index is 5.21. The SMILES string of the molecule is COc1ccc2[n-]c3ccccc3c2c1.[Au].c1ccc(N2[CH-]N(c3ccccc3)c3ccccc32)cc1. The van der Waals surface area contributed by atoms with Crippen molar-refractivity contribution in [3.63, 3.8) is 0 Å². The van der Waals surface area contributed by atoms with Crippen molar-refractivity contribution in [3.8, 4) is 5.75 Å². The fourth-order valence-electron chi connectivity index (χ4n) is 4.58. The summed E-state index contributed by atoms with van der Waals surface area (Å²) in [4.78, 5) is 8.98. The second-order valence-corrected chi connectivity index (χ2v) is 8.53.